The Bertz CT molecular complexity index is 919. The molecule has 0 unspecified atom stereocenters. The molecule has 158 valence electrons. The first-order valence-electron chi connectivity index (χ1n) is 10.2. The normalized spacial score (nSPS) is 14.9. The number of nitrogens with zero attached hydrogens (tertiary/aromatic N) is 1. The molecule has 0 aliphatic carbocycles. The number of amides is 1. The van der Waals surface area contributed by atoms with Crippen LogP contribution in [-0.4, -0.2) is 37.2 Å². The molecule has 1 amide bonds. The zero-order chi connectivity index (χ0) is 21.6. The molecule has 0 saturated heterocycles. The smallest absolute Gasteiger partial charge is 0.330 e. The van der Waals surface area contributed by atoms with Gasteiger partial charge in [0, 0.05) is 12.6 Å². The lowest BCUT2D eigenvalue weighted by molar-refractivity contribution is -0.137. The fourth-order valence-electron chi connectivity index (χ4n) is 3.32. The van der Waals surface area contributed by atoms with E-state index in [2.05, 4.69) is 5.32 Å². The van der Waals surface area contributed by atoms with Crippen LogP contribution in [0.2, 0.25) is 0 Å². The van der Waals surface area contributed by atoms with Gasteiger partial charge in [-0.15, -0.1) is 0 Å². The van der Waals surface area contributed by atoms with Crippen LogP contribution in [0.25, 0.3) is 6.08 Å². The number of carbonyl (C=O) groups excluding carboxylic acids is 2. The molecule has 0 radical (unpaired) electrons. The summed E-state index contributed by atoms with van der Waals surface area (Å²) in [5.74, 6) is 0.392. The van der Waals surface area contributed by atoms with Crippen LogP contribution in [-0.2, 0) is 14.3 Å². The molecule has 2 aromatic rings. The SMILES string of the molecule is CCOc1ccc(/C=C/C(=O)OCCCN2C(=O)C(C)(C)Nc3ccccc32)cc1. The zero-order valence-corrected chi connectivity index (χ0v) is 17.7. The summed E-state index contributed by atoms with van der Waals surface area (Å²) in [4.78, 5) is 26.5. The molecule has 3 rings (SSSR count). The van der Waals surface area contributed by atoms with E-state index in [-0.39, 0.29) is 12.5 Å². The summed E-state index contributed by atoms with van der Waals surface area (Å²) in [6, 6.07) is 15.2. The number of para-hydroxylation sites is 2. The van der Waals surface area contributed by atoms with E-state index < -0.39 is 11.5 Å². The summed E-state index contributed by atoms with van der Waals surface area (Å²) in [5, 5.41) is 3.27. The molecule has 6 nitrogen and oxygen atoms in total. The largest absolute Gasteiger partial charge is 0.494 e. The summed E-state index contributed by atoms with van der Waals surface area (Å²) in [6.07, 6.45) is 3.67. The van der Waals surface area contributed by atoms with Crippen LogP contribution in [0.3, 0.4) is 0 Å². The van der Waals surface area contributed by atoms with Gasteiger partial charge in [-0.1, -0.05) is 24.3 Å². The fraction of sp³-hybridized carbons (Fsp3) is 0.333. The van der Waals surface area contributed by atoms with Crippen molar-refractivity contribution >= 4 is 29.3 Å². The molecule has 6 heteroatoms. The number of anilines is 2. The lowest BCUT2D eigenvalue weighted by atomic mass is 9.98. The molecule has 0 atom stereocenters. The molecule has 2 aromatic carbocycles. The van der Waals surface area contributed by atoms with Crippen molar-refractivity contribution in [2.24, 2.45) is 0 Å². The Morgan fingerprint density at radius 2 is 1.87 bits per heavy atom. The highest BCUT2D eigenvalue weighted by Gasteiger charge is 2.38. The first kappa shape index (κ1) is 21.4. The van der Waals surface area contributed by atoms with Gasteiger partial charge in [-0.25, -0.2) is 4.79 Å². The van der Waals surface area contributed by atoms with Gasteiger partial charge in [-0.05, 0) is 63.1 Å². The monoisotopic (exact) mass is 408 g/mol. The van der Waals surface area contributed by atoms with Crippen molar-refractivity contribution in [1.82, 2.24) is 0 Å². The predicted octanol–water partition coefficient (Wildman–Crippen LogP) is 4.27. The van der Waals surface area contributed by atoms with Gasteiger partial charge < -0.3 is 19.7 Å². The summed E-state index contributed by atoms with van der Waals surface area (Å²) >= 11 is 0. The minimum absolute atomic E-state index is 0.00271. The quantitative estimate of drug-likeness (QED) is 0.401. The van der Waals surface area contributed by atoms with Crippen molar-refractivity contribution in [1.29, 1.82) is 0 Å². The van der Waals surface area contributed by atoms with Crippen LogP contribution in [0.1, 0.15) is 32.8 Å². The van der Waals surface area contributed by atoms with Gasteiger partial charge in [-0.2, -0.15) is 0 Å². The minimum Gasteiger partial charge on any atom is -0.494 e. The third kappa shape index (κ3) is 5.20. The Balaban J connectivity index is 1.49. The molecule has 0 bridgehead atoms. The Morgan fingerprint density at radius 1 is 1.13 bits per heavy atom. The highest BCUT2D eigenvalue weighted by Crippen LogP contribution is 2.34. The maximum Gasteiger partial charge on any atom is 0.330 e. The minimum atomic E-state index is -0.675. The molecule has 1 N–H and O–H groups in total. The highest BCUT2D eigenvalue weighted by molar-refractivity contribution is 6.07. The van der Waals surface area contributed by atoms with Crippen molar-refractivity contribution in [2.45, 2.75) is 32.7 Å². The van der Waals surface area contributed by atoms with E-state index in [0.717, 1.165) is 22.7 Å². The maximum absolute atomic E-state index is 12.8. The number of fused-ring (bicyclic) bond motifs is 1. The van der Waals surface area contributed by atoms with Gasteiger partial charge >= 0.3 is 5.97 Å². The number of esters is 1. The first-order valence-corrected chi connectivity index (χ1v) is 10.2. The average molecular weight is 408 g/mol. The summed E-state index contributed by atoms with van der Waals surface area (Å²) < 4.78 is 10.7. The van der Waals surface area contributed by atoms with E-state index in [1.807, 2.05) is 69.3 Å². The Labute approximate surface area is 177 Å². The van der Waals surface area contributed by atoms with Crippen molar-refractivity contribution < 1.29 is 19.1 Å². The van der Waals surface area contributed by atoms with Crippen LogP contribution < -0.4 is 15.0 Å². The number of rotatable bonds is 8. The molecule has 0 aromatic heterocycles. The molecular weight excluding hydrogens is 380 g/mol. The van der Waals surface area contributed by atoms with Crippen LogP contribution in [0.5, 0.6) is 5.75 Å². The molecule has 1 heterocycles. The van der Waals surface area contributed by atoms with Crippen molar-refractivity contribution in [3.63, 3.8) is 0 Å². The second-order valence-corrected chi connectivity index (χ2v) is 7.58. The number of hydrogen-bond acceptors (Lipinski definition) is 5. The molecule has 0 saturated carbocycles. The molecule has 0 spiro atoms. The zero-order valence-electron chi connectivity index (χ0n) is 17.7. The Morgan fingerprint density at radius 3 is 2.60 bits per heavy atom. The summed E-state index contributed by atoms with van der Waals surface area (Å²) in [5.41, 5.74) is 1.99. The molecule has 1 aliphatic heterocycles. The van der Waals surface area contributed by atoms with Gasteiger partial charge in [0.1, 0.15) is 11.3 Å². The van der Waals surface area contributed by atoms with Crippen LogP contribution in [0, 0.1) is 0 Å². The number of nitrogens with one attached hydrogen (secondary N) is 1. The van der Waals surface area contributed by atoms with E-state index in [9.17, 15) is 9.59 Å². The summed E-state index contributed by atoms with van der Waals surface area (Å²) in [7, 11) is 0. The standard InChI is InChI=1S/C24H28N2O4/c1-4-29-19-13-10-18(11-14-19)12-15-22(27)30-17-7-16-26-21-9-6-5-8-20(21)25-24(2,3)23(26)28/h5-6,8-15,25H,4,7,16-17H2,1-3H3/b15-12+. The molecule has 30 heavy (non-hydrogen) atoms. The Hall–Kier alpha value is -3.28. The maximum atomic E-state index is 12.8. The van der Waals surface area contributed by atoms with E-state index in [0.29, 0.717) is 19.6 Å². The predicted molar refractivity (Wildman–Crippen MR) is 119 cm³/mol. The first-order chi connectivity index (χ1) is 14.4. The van der Waals surface area contributed by atoms with Crippen LogP contribution in [0.15, 0.2) is 54.6 Å². The number of benzene rings is 2. The summed E-state index contributed by atoms with van der Waals surface area (Å²) in [6.45, 7) is 7.00. The van der Waals surface area contributed by atoms with Gasteiger partial charge in [0.2, 0.25) is 0 Å². The van der Waals surface area contributed by atoms with Gasteiger partial charge in [0.05, 0.1) is 24.6 Å². The number of hydrogen-bond donors (Lipinski definition) is 1. The molecular formula is C24H28N2O4. The molecule has 0 fully saturated rings. The highest BCUT2D eigenvalue weighted by atomic mass is 16.5. The fourth-order valence-corrected chi connectivity index (χ4v) is 3.32. The second kappa shape index (κ2) is 9.48. The van der Waals surface area contributed by atoms with Gasteiger partial charge in [-0.3, -0.25) is 4.79 Å². The van der Waals surface area contributed by atoms with E-state index >= 15 is 0 Å². The number of carbonyl (C=O) groups is 2. The third-order valence-corrected chi connectivity index (χ3v) is 4.80. The van der Waals surface area contributed by atoms with E-state index in [1.54, 1.807) is 11.0 Å². The van der Waals surface area contributed by atoms with E-state index in [1.165, 1.54) is 6.08 Å². The average Bonchev–Trinajstić information content (AvgIpc) is 2.73. The lowest BCUT2D eigenvalue weighted by Gasteiger charge is -2.39. The van der Waals surface area contributed by atoms with Crippen molar-refractivity contribution in [3.8, 4) is 5.75 Å². The van der Waals surface area contributed by atoms with Crippen LogP contribution >= 0.6 is 0 Å². The van der Waals surface area contributed by atoms with Gasteiger partial charge in [0.15, 0.2) is 0 Å². The number of ether oxygens (including phenoxy) is 2. The van der Waals surface area contributed by atoms with Crippen LogP contribution in [0.4, 0.5) is 11.4 Å². The topological polar surface area (TPSA) is 67.9 Å². The van der Waals surface area contributed by atoms with Gasteiger partial charge in [0.25, 0.3) is 5.91 Å². The molecule has 1 aliphatic rings. The van der Waals surface area contributed by atoms with E-state index in [4.69, 9.17) is 9.47 Å². The second-order valence-electron chi connectivity index (χ2n) is 7.58. The van der Waals surface area contributed by atoms with Crippen molar-refractivity contribution in [2.75, 3.05) is 30.0 Å². The lowest BCUT2D eigenvalue weighted by Crippen LogP contribution is -2.54. The Kier molecular flexibility index (Phi) is 6.77. The third-order valence-electron chi connectivity index (χ3n) is 4.80. The van der Waals surface area contributed by atoms with Crippen molar-refractivity contribution in [3.05, 3.63) is 60.2 Å².